The maximum atomic E-state index is 12.4. The second-order valence-corrected chi connectivity index (χ2v) is 10.2. The van der Waals surface area contributed by atoms with Crippen LogP contribution >= 0.6 is 0 Å². The molecule has 3 N–H and O–H groups in total. The molecule has 8 nitrogen and oxygen atoms in total. The van der Waals surface area contributed by atoms with Crippen molar-refractivity contribution in [1.29, 1.82) is 0 Å². The highest BCUT2D eigenvalue weighted by atomic mass is 32.2. The van der Waals surface area contributed by atoms with Gasteiger partial charge in [-0.3, -0.25) is 4.79 Å². The monoisotopic (exact) mass is 439 g/mol. The summed E-state index contributed by atoms with van der Waals surface area (Å²) in [6, 6.07) is 11.0. The van der Waals surface area contributed by atoms with Crippen molar-refractivity contribution in [3.63, 3.8) is 0 Å². The van der Waals surface area contributed by atoms with Gasteiger partial charge < -0.3 is 5.32 Å². The number of anilines is 1. The van der Waals surface area contributed by atoms with E-state index in [0.717, 1.165) is 5.56 Å². The number of hydrogen-bond acceptors (Lipinski definition) is 5. The fourth-order valence-corrected chi connectivity index (χ4v) is 4.72. The van der Waals surface area contributed by atoms with Gasteiger partial charge in [0.05, 0.1) is 9.79 Å². The van der Waals surface area contributed by atoms with Gasteiger partial charge in [0.2, 0.25) is 26.0 Å². The molecule has 2 rings (SSSR count). The SMILES string of the molecule is CNS(=O)(=O)c1ccc(NC(=O)CCCNS(=O)(=O)c2cc(C)ccc2C)cc1. The number of amides is 1. The first kappa shape index (κ1) is 23.0. The summed E-state index contributed by atoms with van der Waals surface area (Å²) in [5.74, 6) is -0.292. The molecule has 0 saturated carbocycles. The molecule has 0 bridgehead atoms. The molecule has 0 spiro atoms. The highest BCUT2D eigenvalue weighted by Gasteiger charge is 2.16. The Balaban J connectivity index is 1.85. The second-order valence-electron chi connectivity index (χ2n) is 6.55. The van der Waals surface area contributed by atoms with Crippen molar-refractivity contribution in [1.82, 2.24) is 9.44 Å². The number of benzene rings is 2. The highest BCUT2D eigenvalue weighted by Crippen LogP contribution is 2.17. The molecule has 10 heteroatoms. The standard InChI is InChI=1S/C19H25N3O5S2/c1-14-6-7-15(2)18(13-14)29(26,27)21-12-4-5-19(23)22-16-8-10-17(11-9-16)28(24,25)20-3/h6-11,13,20-21H,4-5,12H2,1-3H3,(H,22,23). The summed E-state index contributed by atoms with van der Waals surface area (Å²) in [5.41, 5.74) is 1.97. The summed E-state index contributed by atoms with van der Waals surface area (Å²) in [6.45, 7) is 3.68. The van der Waals surface area contributed by atoms with Crippen LogP contribution in [0.1, 0.15) is 24.0 Å². The molecule has 0 aliphatic carbocycles. The molecule has 0 aromatic heterocycles. The molecule has 1 amide bonds. The van der Waals surface area contributed by atoms with E-state index in [-0.39, 0.29) is 28.7 Å². The van der Waals surface area contributed by atoms with E-state index in [2.05, 4.69) is 14.8 Å². The molecule has 0 unspecified atom stereocenters. The van der Waals surface area contributed by atoms with E-state index in [4.69, 9.17) is 0 Å². The van der Waals surface area contributed by atoms with Crippen LogP contribution in [0.25, 0.3) is 0 Å². The molecule has 0 heterocycles. The summed E-state index contributed by atoms with van der Waals surface area (Å²) in [5, 5.41) is 2.65. The van der Waals surface area contributed by atoms with Crippen molar-refractivity contribution in [2.45, 2.75) is 36.5 Å². The second kappa shape index (κ2) is 9.49. The van der Waals surface area contributed by atoms with Gasteiger partial charge in [-0.2, -0.15) is 0 Å². The third-order valence-corrected chi connectivity index (χ3v) is 7.26. The first-order chi connectivity index (χ1) is 13.5. The maximum absolute atomic E-state index is 12.4. The molecule has 0 aliphatic rings. The summed E-state index contributed by atoms with van der Waals surface area (Å²) in [4.78, 5) is 12.4. The lowest BCUT2D eigenvalue weighted by Crippen LogP contribution is -2.26. The topological polar surface area (TPSA) is 121 Å². The van der Waals surface area contributed by atoms with Gasteiger partial charge in [-0.15, -0.1) is 0 Å². The molecule has 0 aliphatic heterocycles. The molecular formula is C19H25N3O5S2. The summed E-state index contributed by atoms with van der Waals surface area (Å²) >= 11 is 0. The van der Waals surface area contributed by atoms with Gasteiger partial charge in [-0.05, 0) is 68.8 Å². The van der Waals surface area contributed by atoms with Crippen LogP contribution in [0.2, 0.25) is 0 Å². The third kappa shape index (κ3) is 6.36. The summed E-state index contributed by atoms with van der Waals surface area (Å²) in [6.07, 6.45) is 0.439. The van der Waals surface area contributed by atoms with Gasteiger partial charge >= 0.3 is 0 Å². The molecule has 0 radical (unpaired) electrons. The van der Waals surface area contributed by atoms with E-state index in [1.807, 2.05) is 13.0 Å². The zero-order valence-electron chi connectivity index (χ0n) is 16.5. The number of sulfonamides is 2. The van der Waals surface area contributed by atoms with E-state index in [9.17, 15) is 21.6 Å². The molecule has 2 aromatic carbocycles. The molecule has 2 aromatic rings. The number of nitrogens with one attached hydrogen (secondary N) is 3. The smallest absolute Gasteiger partial charge is 0.240 e. The van der Waals surface area contributed by atoms with Crippen molar-refractivity contribution >= 4 is 31.6 Å². The maximum Gasteiger partial charge on any atom is 0.240 e. The molecule has 0 saturated heterocycles. The predicted molar refractivity (Wildman–Crippen MR) is 112 cm³/mol. The van der Waals surface area contributed by atoms with Gasteiger partial charge in [-0.1, -0.05) is 12.1 Å². The van der Waals surface area contributed by atoms with Gasteiger partial charge in [0, 0.05) is 18.7 Å². The van der Waals surface area contributed by atoms with E-state index < -0.39 is 20.0 Å². The van der Waals surface area contributed by atoms with Crippen molar-refractivity contribution in [3.8, 4) is 0 Å². The van der Waals surface area contributed by atoms with Gasteiger partial charge in [0.25, 0.3) is 0 Å². The predicted octanol–water partition coefficient (Wildman–Crippen LogP) is 1.91. The van der Waals surface area contributed by atoms with Crippen LogP contribution in [-0.2, 0) is 24.8 Å². The Hall–Kier alpha value is -2.27. The molecule has 0 fully saturated rings. The first-order valence-corrected chi connectivity index (χ1v) is 11.9. The quantitative estimate of drug-likeness (QED) is 0.515. The zero-order chi connectivity index (χ0) is 21.7. The van der Waals surface area contributed by atoms with Crippen LogP contribution < -0.4 is 14.8 Å². The minimum absolute atomic E-state index is 0.0962. The van der Waals surface area contributed by atoms with Crippen molar-refractivity contribution in [3.05, 3.63) is 53.6 Å². The lowest BCUT2D eigenvalue weighted by atomic mass is 10.2. The van der Waals surface area contributed by atoms with Crippen LogP contribution in [0, 0.1) is 13.8 Å². The highest BCUT2D eigenvalue weighted by molar-refractivity contribution is 7.89. The Morgan fingerprint density at radius 3 is 2.21 bits per heavy atom. The molecule has 0 atom stereocenters. The van der Waals surface area contributed by atoms with Crippen LogP contribution in [0.15, 0.2) is 52.3 Å². The van der Waals surface area contributed by atoms with E-state index in [0.29, 0.717) is 17.7 Å². The van der Waals surface area contributed by atoms with E-state index in [1.165, 1.54) is 31.3 Å². The Bertz CT molecular complexity index is 1080. The van der Waals surface area contributed by atoms with Crippen molar-refractivity contribution in [2.75, 3.05) is 18.9 Å². The van der Waals surface area contributed by atoms with Gasteiger partial charge in [-0.25, -0.2) is 26.3 Å². The average Bonchev–Trinajstić information content (AvgIpc) is 2.67. The molecule has 29 heavy (non-hydrogen) atoms. The minimum atomic E-state index is -3.64. The Morgan fingerprint density at radius 2 is 1.59 bits per heavy atom. The van der Waals surface area contributed by atoms with Crippen LogP contribution in [0.3, 0.4) is 0 Å². The summed E-state index contributed by atoms with van der Waals surface area (Å²) < 4.78 is 52.9. The number of hydrogen-bond donors (Lipinski definition) is 3. The lowest BCUT2D eigenvalue weighted by Gasteiger charge is -2.10. The van der Waals surface area contributed by atoms with Crippen molar-refractivity contribution in [2.24, 2.45) is 0 Å². The third-order valence-electron chi connectivity index (χ3n) is 4.22. The lowest BCUT2D eigenvalue weighted by molar-refractivity contribution is -0.116. The largest absolute Gasteiger partial charge is 0.326 e. The summed E-state index contributed by atoms with van der Waals surface area (Å²) in [7, 11) is -5.85. The van der Waals surface area contributed by atoms with Crippen LogP contribution in [0.4, 0.5) is 5.69 Å². The van der Waals surface area contributed by atoms with E-state index >= 15 is 0 Å². The first-order valence-electron chi connectivity index (χ1n) is 8.95. The number of rotatable bonds is 9. The normalized spacial score (nSPS) is 12.0. The van der Waals surface area contributed by atoms with E-state index in [1.54, 1.807) is 19.1 Å². The number of carbonyl (C=O) groups is 1. The Kier molecular flexibility index (Phi) is 7.53. The fourth-order valence-electron chi connectivity index (χ4n) is 2.59. The molecular weight excluding hydrogens is 414 g/mol. The van der Waals surface area contributed by atoms with Crippen molar-refractivity contribution < 1.29 is 21.6 Å². The zero-order valence-corrected chi connectivity index (χ0v) is 18.2. The Morgan fingerprint density at radius 1 is 0.931 bits per heavy atom. The Labute approximate surface area is 171 Å². The minimum Gasteiger partial charge on any atom is -0.326 e. The van der Waals surface area contributed by atoms with Gasteiger partial charge in [0.1, 0.15) is 0 Å². The number of aryl methyl sites for hydroxylation is 2. The van der Waals surface area contributed by atoms with Gasteiger partial charge in [0.15, 0.2) is 0 Å². The fraction of sp³-hybridized carbons (Fsp3) is 0.316. The average molecular weight is 440 g/mol. The molecule has 158 valence electrons. The van der Waals surface area contributed by atoms with Crippen LogP contribution in [-0.4, -0.2) is 36.3 Å². The van der Waals surface area contributed by atoms with Crippen LogP contribution in [0.5, 0.6) is 0 Å². The number of carbonyl (C=O) groups excluding carboxylic acids is 1.